The van der Waals surface area contributed by atoms with Crippen molar-refractivity contribution in [3.05, 3.63) is 0 Å². The second-order valence-electron chi connectivity index (χ2n) is 3.14. The Morgan fingerprint density at radius 1 is 1.64 bits per heavy atom. The molecule has 2 aliphatic rings. The van der Waals surface area contributed by atoms with Gasteiger partial charge in [0.25, 0.3) is 0 Å². The number of ether oxygens (including phenoxy) is 1. The third kappa shape index (κ3) is 0.976. The van der Waals surface area contributed by atoms with Crippen molar-refractivity contribution < 1.29 is 9.53 Å². The fourth-order valence-corrected chi connectivity index (χ4v) is 1.77. The highest BCUT2D eigenvalue weighted by Crippen LogP contribution is 2.22. The molecule has 4 nitrogen and oxygen atoms in total. The molecule has 0 spiro atoms. The van der Waals surface area contributed by atoms with Gasteiger partial charge < -0.3 is 15.4 Å². The molecule has 2 N–H and O–H groups in total. The molecule has 0 aromatic carbocycles. The lowest BCUT2D eigenvalue weighted by atomic mass is 9.99. The molecule has 1 amide bonds. The van der Waals surface area contributed by atoms with Crippen LogP contribution in [0.4, 0.5) is 4.79 Å². The van der Waals surface area contributed by atoms with E-state index in [0.717, 1.165) is 19.4 Å². The van der Waals surface area contributed by atoms with E-state index in [2.05, 4.69) is 0 Å². The Hall–Kier alpha value is -0.770. The first-order valence-corrected chi connectivity index (χ1v) is 3.98. The summed E-state index contributed by atoms with van der Waals surface area (Å²) in [6, 6.07) is 0.270. The second-order valence-corrected chi connectivity index (χ2v) is 3.14. The van der Waals surface area contributed by atoms with E-state index in [1.54, 1.807) is 4.90 Å². The first-order valence-electron chi connectivity index (χ1n) is 3.98. The zero-order chi connectivity index (χ0) is 7.84. The maximum absolute atomic E-state index is 11.0. The third-order valence-corrected chi connectivity index (χ3v) is 2.44. The fourth-order valence-electron chi connectivity index (χ4n) is 1.77. The highest BCUT2D eigenvalue weighted by molar-refractivity contribution is 5.70. The summed E-state index contributed by atoms with van der Waals surface area (Å²) in [4.78, 5) is 12.7. The Bertz CT molecular complexity index is 183. The number of nitrogens with two attached hydrogens (primary N) is 1. The van der Waals surface area contributed by atoms with Gasteiger partial charge in [0.1, 0.15) is 6.61 Å². The zero-order valence-corrected chi connectivity index (χ0v) is 6.32. The van der Waals surface area contributed by atoms with Crippen molar-refractivity contribution in [1.82, 2.24) is 4.90 Å². The number of piperidine rings is 1. The van der Waals surface area contributed by atoms with Crippen molar-refractivity contribution in [1.29, 1.82) is 0 Å². The van der Waals surface area contributed by atoms with Crippen molar-refractivity contribution >= 4 is 6.09 Å². The van der Waals surface area contributed by atoms with Crippen molar-refractivity contribution in [2.75, 3.05) is 13.2 Å². The number of cyclic esters (lactones) is 1. The second kappa shape index (κ2) is 2.37. The van der Waals surface area contributed by atoms with Crippen LogP contribution < -0.4 is 5.73 Å². The molecule has 11 heavy (non-hydrogen) atoms. The lowest BCUT2D eigenvalue weighted by Crippen LogP contribution is -2.50. The van der Waals surface area contributed by atoms with Gasteiger partial charge in [-0.05, 0) is 12.8 Å². The summed E-state index contributed by atoms with van der Waals surface area (Å²) in [6.07, 6.45) is 1.83. The summed E-state index contributed by atoms with van der Waals surface area (Å²) in [5.74, 6) is 0. The minimum absolute atomic E-state index is 0.121. The molecular weight excluding hydrogens is 144 g/mol. The van der Waals surface area contributed by atoms with Crippen LogP contribution in [0.1, 0.15) is 12.8 Å². The van der Waals surface area contributed by atoms with E-state index in [4.69, 9.17) is 10.5 Å². The quantitative estimate of drug-likeness (QED) is 0.534. The van der Waals surface area contributed by atoms with Crippen LogP contribution in [-0.4, -0.2) is 36.2 Å². The Morgan fingerprint density at radius 2 is 2.45 bits per heavy atom. The molecule has 2 atom stereocenters. The average molecular weight is 156 g/mol. The van der Waals surface area contributed by atoms with Crippen LogP contribution in [0, 0.1) is 0 Å². The number of carbonyl (C=O) groups is 1. The van der Waals surface area contributed by atoms with Crippen molar-refractivity contribution in [2.45, 2.75) is 24.9 Å². The molecule has 0 radical (unpaired) electrons. The summed E-state index contributed by atoms with van der Waals surface area (Å²) >= 11 is 0. The molecule has 0 saturated carbocycles. The van der Waals surface area contributed by atoms with Crippen LogP contribution in [0.5, 0.6) is 0 Å². The van der Waals surface area contributed by atoms with Crippen LogP contribution in [-0.2, 0) is 4.74 Å². The highest BCUT2D eigenvalue weighted by Gasteiger charge is 2.38. The number of hydrogen-bond acceptors (Lipinski definition) is 3. The first kappa shape index (κ1) is 6.91. The largest absolute Gasteiger partial charge is 0.447 e. The number of hydrogen-bond donors (Lipinski definition) is 1. The van der Waals surface area contributed by atoms with Crippen LogP contribution in [0.15, 0.2) is 0 Å². The van der Waals surface area contributed by atoms with Crippen LogP contribution in [0.2, 0.25) is 0 Å². The molecule has 2 saturated heterocycles. The van der Waals surface area contributed by atoms with E-state index in [0.29, 0.717) is 6.61 Å². The minimum Gasteiger partial charge on any atom is -0.447 e. The number of nitrogens with zero attached hydrogens (tertiary/aromatic N) is 1. The maximum atomic E-state index is 11.0. The van der Waals surface area contributed by atoms with Gasteiger partial charge in [-0.1, -0.05) is 0 Å². The number of amides is 1. The third-order valence-electron chi connectivity index (χ3n) is 2.44. The summed E-state index contributed by atoms with van der Waals surface area (Å²) in [6.45, 7) is 1.30. The normalized spacial score (nSPS) is 36.8. The standard InChI is InChI=1S/C7H12N2O2/c8-5-2-1-3-9-6(5)4-11-7(9)10/h5-6H,1-4,8H2. The minimum atomic E-state index is -0.190. The van der Waals surface area contributed by atoms with E-state index in [1.807, 2.05) is 0 Å². The van der Waals surface area contributed by atoms with Crippen molar-refractivity contribution in [3.8, 4) is 0 Å². The zero-order valence-electron chi connectivity index (χ0n) is 6.32. The van der Waals surface area contributed by atoms with E-state index in [-0.39, 0.29) is 18.2 Å². The van der Waals surface area contributed by atoms with Crippen molar-refractivity contribution in [2.24, 2.45) is 5.73 Å². The lowest BCUT2D eigenvalue weighted by molar-refractivity contribution is 0.152. The topological polar surface area (TPSA) is 55.6 Å². The monoisotopic (exact) mass is 156 g/mol. The predicted molar refractivity (Wildman–Crippen MR) is 39.1 cm³/mol. The van der Waals surface area contributed by atoms with Gasteiger partial charge in [-0.15, -0.1) is 0 Å². The molecular formula is C7H12N2O2. The molecule has 0 aromatic rings. The summed E-state index contributed by atoms with van der Waals surface area (Å²) in [5, 5.41) is 0. The Morgan fingerprint density at radius 3 is 3.18 bits per heavy atom. The number of fused-ring (bicyclic) bond motifs is 1. The van der Waals surface area contributed by atoms with E-state index in [9.17, 15) is 4.79 Å². The molecule has 2 unspecified atom stereocenters. The lowest BCUT2D eigenvalue weighted by Gasteiger charge is -2.31. The van der Waals surface area contributed by atoms with E-state index < -0.39 is 0 Å². The molecule has 62 valence electrons. The molecule has 0 bridgehead atoms. The molecule has 4 heteroatoms. The predicted octanol–water partition coefficient (Wildman–Crippen LogP) is -0.0717. The maximum Gasteiger partial charge on any atom is 0.410 e. The van der Waals surface area contributed by atoms with Gasteiger partial charge in [-0.2, -0.15) is 0 Å². The SMILES string of the molecule is NC1CCCN2C(=O)OCC12. The van der Waals surface area contributed by atoms with Crippen molar-refractivity contribution in [3.63, 3.8) is 0 Å². The first-order chi connectivity index (χ1) is 5.29. The van der Waals surface area contributed by atoms with Crippen LogP contribution in [0.25, 0.3) is 0 Å². The van der Waals surface area contributed by atoms with Crippen LogP contribution in [0.3, 0.4) is 0 Å². The summed E-state index contributed by atoms with van der Waals surface area (Å²) in [5.41, 5.74) is 5.81. The fraction of sp³-hybridized carbons (Fsp3) is 0.857. The van der Waals surface area contributed by atoms with E-state index >= 15 is 0 Å². The van der Waals surface area contributed by atoms with E-state index in [1.165, 1.54) is 0 Å². The molecule has 2 heterocycles. The summed E-state index contributed by atoms with van der Waals surface area (Å²) < 4.78 is 4.88. The van der Waals surface area contributed by atoms with Gasteiger partial charge in [0.15, 0.2) is 0 Å². The smallest absolute Gasteiger partial charge is 0.410 e. The molecule has 2 rings (SSSR count). The molecule has 2 fully saturated rings. The molecule has 2 aliphatic heterocycles. The number of rotatable bonds is 0. The van der Waals surface area contributed by atoms with Gasteiger partial charge in [0, 0.05) is 12.6 Å². The van der Waals surface area contributed by atoms with Gasteiger partial charge in [0.05, 0.1) is 6.04 Å². The Labute approximate surface area is 65.3 Å². The molecule has 0 aromatic heterocycles. The highest BCUT2D eigenvalue weighted by atomic mass is 16.6. The van der Waals surface area contributed by atoms with Gasteiger partial charge in [0.2, 0.25) is 0 Å². The van der Waals surface area contributed by atoms with Gasteiger partial charge >= 0.3 is 6.09 Å². The number of carbonyl (C=O) groups excluding carboxylic acids is 1. The van der Waals surface area contributed by atoms with Gasteiger partial charge in [-0.3, -0.25) is 0 Å². The summed E-state index contributed by atoms with van der Waals surface area (Å²) in [7, 11) is 0. The van der Waals surface area contributed by atoms with Crippen LogP contribution >= 0.6 is 0 Å². The Kier molecular flexibility index (Phi) is 1.49. The average Bonchev–Trinajstić information content (AvgIpc) is 2.35. The van der Waals surface area contributed by atoms with Gasteiger partial charge in [-0.25, -0.2) is 4.79 Å². The molecule has 0 aliphatic carbocycles. The Balaban J connectivity index is 2.12.